The van der Waals surface area contributed by atoms with E-state index in [1.807, 2.05) is 18.2 Å². The fraction of sp³-hybridized carbons (Fsp3) is 0.412. The van der Waals surface area contributed by atoms with Gasteiger partial charge in [-0.05, 0) is 43.0 Å². The third-order valence-corrected chi connectivity index (χ3v) is 4.39. The predicted molar refractivity (Wildman–Crippen MR) is 82.4 cm³/mol. The fourth-order valence-electron chi connectivity index (χ4n) is 3.08. The highest BCUT2D eigenvalue weighted by molar-refractivity contribution is 5.88. The first kappa shape index (κ1) is 14.1. The number of ether oxygens (including phenoxy) is 3. The molecule has 0 radical (unpaired) electrons. The topological polar surface area (TPSA) is 73.4 Å². The van der Waals surface area contributed by atoms with Gasteiger partial charge in [-0.25, -0.2) is 4.79 Å². The quantitative estimate of drug-likeness (QED) is 0.878. The normalized spacial score (nSPS) is 16.7. The lowest BCUT2D eigenvalue weighted by atomic mass is 10.1. The van der Waals surface area contributed by atoms with Gasteiger partial charge in [0.25, 0.3) is 0 Å². The number of benzene rings is 1. The van der Waals surface area contributed by atoms with Crippen LogP contribution in [0.4, 0.5) is 0 Å². The predicted octanol–water partition coefficient (Wildman–Crippen LogP) is 3.15. The number of nitrogens with one attached hydrogen (secondary N) is 1. The molecule has 23 heavy (non-hydrogen) atoms. The van der Waals surface area contributed by atoms with Crippen molar-refractivity contribution >= 4 is 5.97 Å². The highest BCUT2D eigenvalue weighted by atomic mass is 16.7. The second-order valence-electron chi connectivity index (χ2n) is 5.98. The van der Waals surface area contributed by atoms with E-state index < -0.39 is 0 Å². The molecular formula is C17H18N2O4. The highest BCUT2D eigenvalue weighted by Gasteiger charge is 2.20. The summed E-state index contributed by atoms with van der Waals surface area (Å²) in [4.78, 5) is 12.1. The minimum Gasteiger partial charge on any atom is -0.461 e. The molecule has 0 bridgehead atoms. The molecule has 0 atom stereocenters. The van der Waals surface area contributed by atoms with Gasteiger partial charge in [-0.1, -0.05) is 12.8 Å². The molecule has 0 saturated heterocycles. The molecule has 120 valence electrons. The maximum Gasteiger partial charge on any atom is 0.356 e. The van der Waals surface area contributed by atoms with Crippen LogP contribution in [-0.2, 0) is 4.74 Å². The van der Waals surface area contributed by atoms with Gasteiger partial charge in [-0.15, -0.1) is 0 Å². The number of rotatable bonds is 4. The van der Waals surface area contributed by atoms with Gasteiger partial charge < -0.3 is 14.2 Å². The molecule has 2 aliphatic rings. The Morgan fingerprint density at radius 2 is 2.04 bits per heavy atom. The number of aromatic nitrogens is 2. The zero-order valence-corrected chi connectivity index (χ0v) is 12.7. The van der Waals surface area contributed by atoms with Crippen LogP contribution in [0.3, 0.4) is 0 Å². The van der Waals surface area contributed by atoms with Crippen molar-refractivity contribution in [1.29, 1.82) is 0 Å². The summed E-state index contributed by atoms with van der Waals surface area (Å²) in [7, 11) is 0. The molecule has 0 unspecified atom stereocenters. The minimum atomic E-state index is -0.351. The van der Waals surface area contributed by atoms with E-state index >= 15 is 0 Å². The zero-order valence-electron chi connectivity index (χ0n) is 12.7. The molecule has 2 aromatic rings. The van der Waals surface area contributed by atoms with Crippen LogP contribution < -0.4 is 9.47 Å². The van der Waals surface area contributed by atoms with E-state index in [-0.39, 0.29) is 12.8 Å². The Morgan fingerprint density at radius 3 is 2.91 bits per heavy atom. The van der Waals surface area contributed by atoms with E-state index in [0.717, 1.165) is 24.2 Å². The van der Waals surface area contributed by atoms with E-state index in [4.69, 9.17) is 14.2 Å². The summed E-state index contributed by atoms with van der Waals surface area (Å²) >= 11 is 0. The standard InChI is InChI=1S/C17H18N2O4/c20-17(21-9-11-3-1-2-4-11)14-8-13(18-19-14)12-5-6-15-16(7-12)23-10-22-15/h5-8,11H,1-4,9-10H2,(H,18,19). The number of hydrogen-bond donors (Lipinski definition) is 1. The van der Waals surface area contributed by atoms with Crippen LogP contribution in [0.25, 0.3) is 11.3 Å². The van der Waals surface area contributed by atoms with Crippen molar-refractivity contribution in [3.63, 3.8) is 0 Å². The summed E-state index contributed by atoms with van der Waals surface area (Å²) in [5.41, 5.74) is 1.91. The third-order valence-electron chi connectivity index (χ3n) is 4.39. The van der Waals surface area contributed by atoms with E-state index in [1.54, 1.807) is 6.07 Å². The Morgan fingerprint density at radius 1 is 1.22 bits per heavy atom. The Labute approximate surface area is 133 Å². The van der Waals surface area contributed by atoms with Gasteiger partial charge in [0.05, 0.1) is 12.3 Å². The van der Waals surface area contributed by atoms with Crippen LogP contribution in [0.5, 0.6) is 11.5 Å². The first-order valence-corrected chi connectivity index (χ1v) is 7.92. The van der Waals surface area contributed by atoms with Crippen LogP contribution in [0, 0.1) is 5.92 Å². The third kappa shape index (κ3) is 2.88. The van der Waals surface area contributed by atoms with E-state index in [2.05, 4.69) is 10.2 Å². The maximum absolute atomic E-state index is 12.1. The minimum absolute atomic E-state index is 0.234. The van der Waals surface area contributed by atoms with E-state index in [0.29, 0.717) is 29.7 Å². The van der Waals surface area contributed by atoms with Gasteiger partial charge in [-0.2, -0.15) is 5.10 Å². The molecule has 6 nitrogen and oxygen atoms in total. The Bertz CT molecular complexity index is 719. The lowest BCUT2D eigenvalue weighted by Crippen LogP contribution is -2.12. The van der Waals surface area contributed by atoms with Gasteiger partial charge in [0, 0.05) is 5.56 Å². The molecule has 1 saturated carbocycles. The largest absolute Gasteiger partial charge is 0.461 e. The summed E-state index contributed by atoms with van der Waals surface area (Å²) in [5, 5.41) is 6.94. The Hall–Kier alpha value is -2.50. The van der Waals surface area contributed by atoms with E-state index in [9.17, 15) is 4.79 Å². The summed E-state index contributed by atoms with van der Waals surface area (Å²) in [6.07, 6.45) is 4.78. The molecule has 1 aromatic heterocycles. The molecule has 1 N–H and O–H groups in total. The van der Waals surface area contributed by atoms with Crippen LogP contribution in [-0.4, -0.2) is 29.6 Å². The molecule has 4 rings (SSSR count). The number of aromatic amines is 1. The summed E-state index contributed by atoms with van der Waals surface area (Å²) < 4.78 is 16.0. The molecule has 1 aliphatic heterocycles. The molecule has 1 aliphatic carbocycles. The van der Waals surface area contributed by atoms with E-state index in [1.165, 1.54) is 12.8 Å². The number of carbonyl (C=O) groups excluding carboxylic acids is 1. The van der Waals surface area contributed by atoms with Crippen molar-refractivity contribution in [2.75, 3.05) is 13.4 Å². The smallest absolute Gasteiger partial charge is 0.356 e. The fourth-order valence-corrected chi connectivity index (χ4v) is 3.08. The lowest BCUT2D eigenvalue weighted by molar-refractivity contribution is 0.0435. The summed E-state index contributed by atoms with van der Waals surface area (Å²) in [6, 6.07) is 7.28. The van der Waals surface area contributed by atoms with Crippen molar-refractivity contribution in [2.45, 2.75) is 25.7 Å². The lowest BCUT2D eigenvalue weighted by Gasteiger charge is -2.08. The van der Waals surface area contributed by atoms with Gasteiger partial charge in [0.1, 0.15) is 5.69 Å². The van der Waals surface area contributed by atoms with Crippen LogP contribution >= 0.6 is 0 Å². The number of nitrogens with zero attached hydrogens (tertiary/aromatic N) is 1. The average molecular weight is 314 g/mol. The molecule has 0 spiro atoms. The molecular weight excluding hydrogens is 296 g/mol. The average Bonchev–Trinajstić information content (AvgIpc) is 3.32. The van der Waals surface area contributed by atoms with Gasteiger partial charge >= 0.3 is 5.97 Å². The SMILES string of the molecule is O=C(OCC1CCCC1)c1cc(-c2ccc3c(c2)OCO3)n[nH]1. The molecule has 6 heteroatoms. The maximum atomic E-state index is 12.1. The number of fused-ring (bicyclic) bond motifs is 1. The zero-order chi connectivity index (χ0) is 15.6. The van der Waals surface area contributed by atoms with Gasteiger partial charge in [0.2, 0.25) is 6.79 Å². The van der Waals surface area contributed by atoms with Crippen LogP contribution in [0.1, 0.15) is 36.2 Å². The molecule has 0 amide bonds. The first-order chi connectivity index (χ1) is 11.3. The second kappa shape index (κ2) is 5.95. The molecule has 1 aromatic carbocycles. The highest BCUT2D eigenvalue weighted by Crippen LogP contribution is 2.35. The number of hydrogen-bond acceptors (Lipinski definition) is 5. The number of esters is 1. The second-order valence-corrected chi connectivity index (χ2v) is 5.98. The van der Waals surface area contributed by atoms with Gasteiger partial charge in [-0.3, -0.25) is 5.10 Å². The van der Waals surface area contributed by atoms with Crippen molar-refractivity contribution in [3.8, 4) is 22.8 Å². The van der Waals surface area contributed by atoms with Crippen LogP contribution in [0.2, 0.25) is 0 Å². The Kier molecular flexibility index (Phi) is 3.65. The van der Waals surface area contributed by atoms with Crippen LogP contribution in [0.15, 0.2) is 24.3 Å². The van der Waals surface area contributed by atoms with Gasteiger partial charge in [0.15, 0.2) is 11.5 Å². The molecule has 1 fully saturated rings. The first-order valence-electron chi connectivity index (χ1n) is 7.92. The van der Waals surface area contributed by atoms with Crippen molar-refractivity contribution in [2.24, 2.45) is 5.92 Å². The molecule has 2 heterocycles. The number of H-pyrrole nitrogens is 1. The van der Waals surface area contributed by atoms with Crippen molar-refractivity contribution in [3.05, 3.63) is 30.0 Å². The van der Waals surface area contributed by atoms with Crippen molar-refractivity contribution < 1.29 is 19.0 Å². The monoisotopic (exact) mass is 314 g/mol. The summed E-state index contributed by atoms with van der Waals surface area (Å²) in [5.74, 6) is 1.57. The Balaban J connectivity index is 1.44. The summed E-state index contributed by atoms with van der Waals surface area (Å²) in [6.45, 7) is 0.731. The van der Waals surface area contributed by atoms with Crippen molar-refractivity contribution in [1.82, 2.24) is 10.2 Å². The number of carbonyl (C=O) groups is 1.